The number of ether oxygens (including phenoxy) is 2. The standard InChI is InChI=1S/C16H24N2O3/c1-13(12-18-10-8-17(2)9-11-18)21-16(19)14-6-4-5-7-15(14)20-3/h4-7,13H,8-12H2,1-3H3/p+2/t13-/m1/s1. The molecule has 21 heavy (non-hydrogen) atoms. The first-order valence-corrected chi connectivity index (χ1v) is 7.59. The minimum absolute atomic E-state index is 0.0872. The maximum atomic E-state index is 12.2. The van der Waals surface area contributed by atoms with Crippen LogP contribution in [0.5, 0.6) is 5.75 Å². The van der Waals surface area contributed by atoms with Crippen LogP contribution >= 0.6 is 0 Å². The molecule has 5 nitrogen and oxygen atoms in total. The number of para-hydroxylation sites is 1. The van der Waals surface area contributed by atoms with Crippen LogP contribution in [0.1, 0.15) is 17.3 Å². The molecule has 1 fully saturated rings. The van der Waals surface area contributed by atoms with Gasteiger partial charge in [-0.2, -0.15) is 0 Å². The molecule has 0 aliphatic carbocycles. The van der Waals surface area contributed by atoms with Gasteiger partial charge in [-0.05, 0) is 19.1 Å². The maximum Gasteiger partial charge on any atom is 0.342 e. The number of carbonyl (C=O) groups is 1. The molecule has 5 heteroatoms. The molecule has 1 aliphatic rings. The van der Waals surface area contributed by atoms with E-state index >= 15 is 0 Å². The molecule has 0 amide bonds. The summed E-state index contributed by atoms with van der Waals surface area (Å²) in [5, 5.41) is 0. The molecular weight excluding hydrogens is 268 g/mol. The molecule has 0 aromatic heterocycles. The fourth-order valence-corrected chi connectivity index (χ4v) is 2.74. The zero-order valence-corrected chi connectivity index (χ0v) is 13.1. The van der Waals surface area contributed by atoms with Gasteiger partial charge >= 0.3 is 5.97 Å². The fraction of sp³-hybridized carbons (Fsp3) is 0.562. The Morgan fingerprint density at radius 2 is 1.90 bits per heavy atom. The van der Waals surface area contributed by atoms with E-state index in [9.17, 15) is 4.79 Å². The van der Waals surface area contributed by atoms with Crippen molar-refractivity contribution in [2.45, 2.75) is 13.0 Å². The van der Waals surface area contributed by atoms with Gasteiger partial charge < -0.3 is 19.3 Å². The van der Waals surface area contributed by atoms with E-state index in [0.717, 1.165) is 19.6 Å². The largest absolute Gasteiger partial charge is 0.496 e. The third kappa shape index (κ3) is 4.44. The molecule has 0 spiro atoms. The van der Waals surface area contributed by atoms with Gasteiger partial charge in [0.2, 0.25) is 0 Å². The number of carbonyl (C=O) groups excluding carboxylic acids is 1. The summed E-state index contributed by atoms with van der Waals surface area (Å²) in [5.41, 5.74) is 0.490. The van der Waals surface area contributed by atoms with E-state index in [2.05, 4.69) is 7.05 Å². The Hall–Kier alpha value is -1.59. The van der Waals surface area contributed by atoms with Gasteiger partial charge in [-0.15, -0.1) is 0 Å². The number of methoxy groups -OCH3 is 1. The second-order valence-corrected chi connectivity index (χ2v) is 5.83. The van der Waals surface area contributed by atoms with E-state index in [1.165, 1.54) is 18.0 Å². The monoisotopic (exact) mass is 294 g/mol. The quantitative estimate of drug-likeness (QED) is 0.660. The molecule has 0 bridgehead atoms. The van der Waals surface area contributed by atoms with Crippen LogP contribution in [-0.2, 0) is 4.74 Å². The number of piperazine rings is 1. The topological polar surface area (TPSA) is 44.4 Å². The third-order valence-electron chi connectivity index (χ3n) is 4.02. The van der Waals surface area contributed by atoms with Gasteiger partial charge in [0, 0.05) is 0 Å². The number of hydrogen-bond acceptors (Lipinski definition) is 3. The highest BCUT2D eigenvalue weighted by atomic mass is 16.5. The minimum Gasteiger partial charge on any atom is -0.496 e. The summed E-state index contributed by atoms with van der Waals surface area (Å²) in [6, 6.07) is 7.17. The normalized spacial score (nSPS) is 23.4. The van der Waals surface area contributed by atoms with Crippen LogP contribution in [0, 0.1) is 0 Å². The van der Waals surface area contributed by atoms with Crippen LogP contribution in [0.4, 0.5) is 0 Å². The molecule has 1 heterocycles. The van der Waals surface area contributed by atoms with Gasteiger partial charge in [0.15, 0.2) is 0 Å². The number of rotatable bonds is 5. The summed E-state index contributed by atoms with van der Waals surface area (Å²) in [6.07, 6.45) is -0.0872. The van der Waals surface area contributed by atoms with Gasteiger partial charge in [0.05, 0.1) is 14.2 Å². The van der Waals surface area contributed by atoms with Crippen LogP contribution < -0.4 is 14.5 Å². The number of benzene rings is 1. The van der Waals surface area contributed by atoms with Crippen molar-refractivity contribution in [2.75, 3.05) is 46.9 Å². The van der Waals surface area contributed by atoms with E-state index < -0.39 is 0 Å². The lowest BCUT2D eigenvalue weighted by Gasteiger charge is -2.28. The Morgan fingerprint density at radius 3 is 2.57 bits per heavy atom. The zero-order valence-electron chi connectivity index (χ0n) is 13.1. The molecule has 1 aliphatic heterocycles. The number of nitrogens with one attached hydrogen (secondary N) is 2. The van der Waals surface area contributed by atoms with Crippen molar-refractivity contribution in [3.05, 3.63) is 29.8 Å². The number of hydrogen-bond donors (Lipinski definition) is 2. The van der Waals surface area contributed by atoms with Crippen molar-refractivity contribution in [2.24, 2.45) is 0 Å². The Labute approximate surface area is 126 Å². The van der Waals surface area contributed by atoms with Gasteiger partial charge in [0.25, 0.3) is 0 Å². The van der Waals surface area contributed by atoms with Gasteiger partial charge in [-0.1, -0.05) is 12.1 Å². The number of esters is 1. The summed E-state index contributed by atoms with van der Waals surface area (Å²) < 4.78 is 10.8. The zero-order chi connectivity index (χ0) is 15.2. The van der Waals surface area contributed by atoms with Crippen molar-refractivity contribution >= 4 is 5.97 Å². The van der Waals surface area contributed by atoms with Crippen molar-refractivity contribution in [3.8, 4) is 5.75 Å². The van der Waals surface area contributed by atoms with Crippen molar-refractivity contribution in [1.82, 2.24) is 0 Å². The summed E-state index contributed by atoms with van der Waals surface area (Å²) >= 11 is 0. The van der Waals surface area contributed by atoms with Crippen molar-refractivity contribution < 1.29 is 24.1 Å². The second kappa shape index (κ2) is 7.43. The highest BCUT2D eigenvalue weighted by Crippen LogP contribution is 2.18. The van der Waals surface area contributed by atoms with Crippen LogP contribution in [0.3, 0.4) is 0 Å². The highest BCUT2D eigenvalue weighted by Gasteiger charge is 2.24. The first-order valence-electron chi connectivity index (χ1n) is 7.59. The van der Waals surface area contributed by atoms with Crippen LogP contribution in [-0.4, -0.2) is 59.0 Å². The molecule has 0 saturated carbocycles. The molecule has 0 radical (unpaired) electrons. The van der Waals surface area contributed by atoms with Crippen LogP contribution in [0.2, 0.25) is 0 Å². The lowest BCUT2D eigenvalue weighted by atomic mass is 10.2. The smallest absolute Gasteiger partial charge is 0.342 e. The lowest BCUT2D eigenvalue weighted by Crippen LogP contribution is -3.27. The molecule has 1 aromatic rings. The van der Waals surface area contributed by atoms with Crippen LogP contribution in [0.15, 0.2) is 24.3 Å². The van der Waals surface area contributed by atoms with E-state index in [0.29, 0.717) is 11.3 Å². The van der Waals surface area contributed by atoms with Gasteiger partial charge in [0.1, 0.15) is 50.1 Å². The molecule has 1 aromatic carbocycles. The molecule has 116 valence electrons. The van der Waals surface area contributed by atoms with Gasteiger partial charge in [-0.25, -0.2) is 4.79 Å². The van der Waals surface area contributed by atoms with E-state index in [-0.39, 0.29) is 12.1 Å². The highest BCUT2D eigenvalue weighted by molar-refractivity contribution is 5.92. The first kappa shape index (κ1) is 15.8. The van der Waals surface area contributed by atoms with Crippen molar-refractivity contribution in [1.29, 1.82) is 0 Å². The summed E-state index contributed by atoms with van der Waals surface area (Å²) in [7, 11) is 3.79. The van der Waals surface area contributed by atoms with Gasteiger partial charge in [-0.3, -0.25) is 0 Å². The predicted octanol–water partition coefficient (Wildman–Crippen LogP) is -1.35. The molecule has 2 rings (SSSR count). The van der Waals surface area contributed by atoms with E-state index in [4.69, 9.17) is 9.47 Å². The van der Waals surface area contributed by atoms with E-state index in [1.54, 1.807) is 24.1 Å². The Morgan fingerprint density at radius 1 is 1.24 bits per heavy atom. The number of likely N-dealkylation sites (N-methyl/N-ethyl adjacent to an activating group) is 1. The molecular formula is C16H26N2O3+2. The molecule has 0 unspecified atom stereocenters. The SMILES string of the molecule is COc1ccccc1C(=O)O[C@H](C)C[NH+]1CC[NH+](C)CC1. The van der Waals surface area contributed by atoms with E-state index in [1.807, 2.05) is 19.1 Å². The summed E-state index contributed by atoms with van der Waals surface area (Å²) in [4.78, 5) is 15.3. The maximum absolute atomic E-state index is 12.2. The average molecular weight is 294 g/mol. The Kier molecular flexibility index (Phi) is 5.59. The minimum atomic E-state index is -0.306. The second-order valence-electron chi connectivity index (χ2n) is 5.83. The summed E-state index contributed by atoms with van der Waals surface area (Å²) in [6.45, 7) is 7.48. The first-order chi connectivity index (χ1) is 10.1. The molecule has 2 N–H and O–H groups in total. The lowest BCUT2D eigenvalue weighted by molar-refractivity contribution is -1.00. The predicted molar refractivity (Wildman–Crippen MR) is 80.1 cm³/mol. The Bertz CT molecular complexity index is 470. The average Bonchev–Trinajstić information content (AvgIpc) is 2.49. The van der Waals surface area contributed by atoms with Crippen molar-refractivity contribution in [3.63, 3.8) is 0 Å². The van der Waals surface area contributed by atoms with Crippen LogP contribution in [0.25, 0.3) is 0 Å². The molecule has 1 saturated heterocycles. The molecule has 1 atom stereocenters. The number of quaternary nitrogens is 2. The summed E-state index contributed by atoms with van der Waals surface area (Å²) in [5.74, 6) is 0.254. The fourth-order valence-electron chi connectivity index (χ4n) is 2.74. The Balaban J connectivity index is 1.87. The third-order valence-corrected chi connectivity index (χ3v) is 4.02.